The van der Waals surface area contributed by atoms with Crippen LogP contribution in [0.15, 0.2) is 30.1 Å². The van der Waals surface area contributed by atoms with Gasteiger partial charge in [0.1, 0.15) is 0 Å². The van der Waals surface area contributed by atoms with Crippen molar-refractivity contribution in [1.82, 2.24) is 4.98 Å². The highest BCUT2D eigenvalue weighted by Crippen LogP contribution is 2.14. The summed E-state index contributed by atoms with van der Waals surface area (Å²) in [4.78, 5) is 15.3. The molecule has 0 aromatic carbocycles. The second kappa shape index (κ2) is 4.19. The summed E-state index contributed by atoms with van der Waals surface area (Å²) in [5, 5.41) is 0.394. The molecule has 0 radical (unpaired) electrons. The van der Waals surface area contributed by atoms with Gasteiger partial charge in [0.2, 0.25) is 0 Å². The highest BCUT2D eigenvalue weighted by Gasteiger charge is 2.06. The van der Waals surface area contributed by atoms with Gasteiger partial charge in [-0.1, -0.05) is 17.2 Å². The van der Waals surface area contributed by atoms with E-state index in [4.69, 9.17) is 11.6 Å². The summed E-state index contributed by atoms with van der Waals surface area (Å²) in [6, 6.07) is 1.62. The second-order valence-electron chi connectivity index (χ2n) is 2.94. The summed E-state index contributed by atoms with van der Waals surface area (Å²) in [7, 11) is 0. The number of carbonyl (C=O) groups excluding carboxylic acids is 1. The Morgan fingerprint density at radius 1 is 1.54 bits per heavy atom. The highest BCUT2D eigenvalue weighted by atomic mass is 35.5. The Morgan fingerprint density at radius 2 is 2.23 bits per heavy atom. The Balaban J connectivity index is 3.03. The predicted octanol–water partition coefficient (Wildman–Crippen LogP) is 2.88. The van der Waals surface area contributed by atoms with Crippen molar-refractivity contribution >= 4 is 17.4 Å². The van der Waals surface area contributed by atoms with E-state index in [0.29, 0.717) is 10.6 Å². The van der Waals surface area contributed by atoms with Crippen LogP contribution in [0, 0.1) is 0 Å². The van der Waals surface area contributed by atoms with E-state index < -0.39 is 0 Å². The molecule has 13 heavy (non-hydrogen) atoms. The Morgan fingerprint density at radius 3 is 2.77 bits per heavy atom. The molecule has 0 unspecified atom stereocenters. The van der Waals surface area contributed by atoms with E-state index in [1.54, 1.807) is 18.3 Å². The number of ketones is 1. The number of rotatable bonds is 2. The first-order chi connectivity index (χ1) is 6.11. The van der Waals surface area contributed by atoms with Gasteiger partial charge >= 0.3 is 0 Å². The summed E-state index contributed by atoms with van der Waals surface area (Å²) in [6.45, 7) is 3.74. The van der Waals surface area contributed by atoms with Gasteiger partial charge in [-0.15, -0.1) is 0 Å². The number of nitrogens with zero attached hydrogens (tertiary/aromatic N) is 1. The Labute approximate surface area is 82.3 Å². The topological polar surface area (TPSA) is 30.0 Å². The van der Waals surface area contributed by atoms with Crippen molar-refractivity contribution in [2.45, 2.75) is 13.8 Å². The third kappa shape index (κ3) is 2.67. The van der Waals surface area contributed by atoms with Crippen LogP contribution in [0.3, 0.4) is 0 Å². The van der Waals surface area contributed by atoms with E-state index in [0.717, 1.165) is 5.57 Å². The van der Waals surface area contributed by atoms with Gasteiger partial charge in [0.15, 0.2) is 5.78 Å². The molecular formula is C10H10ClNO. The fourth-order valence-corrected chi connectivity index (χ4v) is 1.13. The molecule has 0 atom stereocenters. The van der Waals surface area contributed by atoms with Crippen LogP contribution in [-0.2, 0) is 0 Å². The van der Waals surface area contributed by atoms with Crippen LogP contribution in [-0.4, -0.2) is 10.8 Å². The zero-order valence-corrected chi connectivity index (χ0v) is 8.30. The molecule has 0 aliphatic heterocycles. The SMILES string of the molecule is CC(C)=CC(=O)c1ccncc1Cl. The lowest BCUT2D eigenvalue weighted by Crippen LogP contribution is -1.96. The largest absolute Gasteiger partial charge is 0.289 e. The van der Waals surface area contributed by atoms with E-state index >= 15 is 0 Å². The van der Waals surface area contributed by atoms with Gasteiger partial charge in [0.25, 0.3) is 0 Å². The van der Waals surface area contributed by atoms with Crippen molar-refractivity contribution in [3.8, 4) is 0 Å². The summed E-state index contributed by atoms with van der Waals surface area (Å²) in [5.41, 5.74) is 1.45. The lowest BCUT2D eigenvalue weighted by Gasteiger charge is -1.98. The van der Waals surface area contributed by atoms with Crippen molar-refractivity contribution in [1.29, 1.82) is 0 Å². The van der Waals surface area contributed by atoms with Crippen LogP contribution < -0.4 is 0 Å². The molecule has 1 aromatic rings. The maximum atomic E-state index is 11.5. The van der Waals surface area contributed by atoms with Crippen molar-refractivity contribution in [3.63, 3.8) is 0 Å². The molecule has 0 saturated heterocycles. The van der Waals surface area contributed by atoms with Crippen molar-refractivity contribution in [2.24, 2.45) is 0 Å². The van der Waals surface area contributed by atoms with E-state index in [2.05, 4.69) is 4.98 Å². The van der Waals surface area contributed by atoms with Gasteiger partial charge in [-0.25, -0.2) is 0 Å². The molecule has 1 heterocycles. The molecule has 0 spiro atoms. The van der Waals surface area contributed by atoms with Gasteiger partial charge in [-0.05, 0) is 26.0 Å². The average Bonchev–Trinajstić information content (AvgIpc) is 2.03. The smallest absolute Gasteiger partial charge is 0.187 e. The van der Waals surface area contributed by atoms with Crippen LogP contribution >= 0.6 is 11.6 Å². The van der Waals surface area contributed by atoms with Gasteiger partial charge < -0.3 is 0 Å². The van der Waals surface area contributed by atoms with Crippen LogP contribution in [0.1, 0.15) is 24.2 Å². The number of allylic oxidation sites excluding steroid dienone is 2. The summed E-state index contributed by atoms with van der Waals surface area (Å²) in [6.07, 6.45) is 4.58. The lowest BCUT2D eigenvalue weighted by atomic mass is 10.1. The number of hydrogen-bond donors (Lipinski definition) is 0. The summed E-state index contributed by atoms with van der Waals surface area (Å²) in [5.74, 6) is -0.0765. The number of hydrogen-bond acceptors (Lipinski definition) is 2. The first-order valence-corrected chi connectivity index (χ1v) is 4.28. The molecule has 0 amide bonds. The van der Waals surface area contributed by atoms with E-state index in [-0.39, 0.29) is 5.78 Å². The third-order valence-corrected chi connectivity index (χ3v) is 1.76. The number of halogens is 1. The molecule has 0 saturated carbocycles. The summed E-state index contributed by atoms with van der Waals surface area (Å²) < 4.78 is 0. The monoisotopic (exact) mass is 195 g/mol. The minimum Gasteiger partial charge on any atom is -0.289 e. The fourth-order valence-electron chi connectivity index (χ4n) is 0.915. The molecule has 0 N–H and O–H groups in total. The molecule has 1 aromatic heterocycles. The zero-order valence-electron chi connectivity index (χ0n) is 7.54. The maximum absolute atomic E-state index is 11.5. The Hall–Kier alpha value is -1.15. The molecule has 0 aliphatic rings. The van der Waals surface area contributed by atoms with E-state index in [1.165, 1.54) is 6.20 Å². The molecule has 0 bridgehead atoms. The summed E-state index contributed by atoms with van der Waals surface area (Å²) >= 11 is 5.79. The Bertz CT molecular complexity index is 354. The third-order valence-electron chi connectivity index (χ3n) is 1.46. The van der Waals surface area contributed by atoms with Crippen molar-refractivity contribution in [2.75, 3.05) is 0 Å². The lowest BCUT2D eigenvalue weighted by molar-refractivity contribution is 0.104. The van der Waals surface area contributed by atoms with Gasteiger partial charge in [0.05, 0.1) is 5.02 Å². The molecular weight excluding hydrogens is 186 g/mol. The molecule has 68 valence electrons. The zero-order chi connectivity index (χ0) is 9.84. The minimum absolute atomic E-state index is 0.0765. The number of carbonyl (C=O) groups is 1. The molecule has 3 heteroatoms. The number of pyridine rings is 1. The minimum atomic E-state index is -0.0765. The molecule has 0 fully saturated rings. The predicted molar refractivity (Wildman–Crippen MR) is 53.0 cm³/mol. The second-order valence-corrected chi connectivity index (χ2v) is 3.35. The van der Waals surface area contributed by atoms with E-state index in [1.807, 2.05) is 13.8 Å². The van der Waals surface area contributed by atoms with Crippen molar-refractivity contribution < 1.29 is 4.79 Å². The standard InChI is InChI=1S/C10H10ClNO/c1-7(2)5-10(13)8-3-4-12-6-9(8)11/h3-6H,1-2H3. The maximum Gasteiger partial charge on any atom is 0.187 e. The highest BCUT2D eigenvalue weighted by molar-refractivity contribution is 6.34. The van der Waals surface area contributed by atoms with E-state index in [9.17, 15) is 4.79 Å². The Kier molecular flexibility index (Phi) is 3.20. The molecule has 2 nitrogen and oxygen atoms in total. The normalized spacial score (nSPS) is 9.46. The average molecular weight is 196 g/mol. The quantitative estimate of drug-likeness (QED) is 0.537. The van der Waals surface area contributed by atoms with Gasteiger partial charge in [-0.3, -0.25) is 9.78 Å². The number of aromatic nitrogens is 1. The van der Waals surface area contributed by atoms with Crippen molar-refractivity contribution in [3.05, 3.63) is 40.7 Å². The van der Waals surface area contributed by atoms with Crippen LogP contribution in [0.4, 0.5) is 0 Å². The molecule has 1 rings (SSSR count). The van der Waals surface area contributed by atoms with Crippen LogP contribution in [0.2, 0.25) is 5.02 Å². The first kappa shape index (κ1) is 9.93. The van der Waals surface area contributed by atoms with Gasteiger partial charge in [0, 0.05) is 18.0 Å². The van der Waals surface area contributed by atoms with Gasteiger partial charge in [-0.2, -0.15) is 0 Å². The van der Waals surface area contributed by atoms with Crippen LogP contribution in [0.5, 0.6) is 0 Å². The molecule has 0 aliphatic carbocycles. The van der Waals surface area contributed by atoms with Crippen LogP contribution in [0.25, 0.3) is 0 Å². The fraction of sp³-hybridized carbons (Fsp3) is 0.200. The first-order valence-electron chi connectivity index (χ1n) is 3.90.